The van der Waals surface area contributed by atoms with E-state index in [1.54, 1.807) is 24.3 Å². The Morgan fingerprint density at radius 2 is 1.42 bits per heavy atom. The largest absolute Gasteiger partial charge is 0.469 e. The first-order valence-electron chi connectivity index (χ1n) is 20.1. The zero-order chi connectivity index (χ0) is 42.8. The number of esters is 2. The number of benzene rings is 3. The minimum Gasteiger partial charge on any atom is -0.469 e. The van der Waals surface area contributed by atoms with Gasteiger partial charge in [-0.15, -0.1) is 11.3 Å². The molecule has 0 aliphatic heterocycles. The predicted octanol–water partition coefficient (Wildman–Crippen LogP) is 7.72. The third-order valence-corrected chi connectivity index (χ3v) is 11.8. The Hall–Kier alpha value is -5.56. The molecule has 1 aromatic heterocycles. The minimum atomic E-state index is -0.898. The molecule has 3 aromatic carbocycles. The van der Waals surface area contributed by atoms with Gasteiger partial charge < -0.3 is 29.7 Å². The zero-order valence-corrected chi connectivity index (χ0v) is 35.9. The molecule has 1 aliphatic rings. The molecule has 0 radical (unpaired) electrons. The molecule has 314 valence electrons. The van der Waals surface area contributed by atoms with Crippen LogP contribution in [0.4, 0.5) is 4.79 Å². The molecule has 12 nitrogen and oxygen atoms in total. The number of thiazole rings is 1. The summed E-state index contributed by atoms with van der Waals surface area (Å²) < 4.78 is 16.5. The standard InChI is InChI=1S/C46H56N4O8S/c1-27(2)39(50(7)44(53)41(28(3)4)49-46(55)57-25-37-35-20-14-12-18-33(35)34-19-13-15-21-36(34)37)24-40(58-30(6)51)43-48-38(26-59-43)42(52)47-32(22-29(5)45(54)56-8)23-31-16-10-9-11-17-31/h9-21,26-29,32,37,39-41H,22-25H2,1-8H3,(H,47,52)(H,49,55)/t29-,32+,39+,40+,41-/m0/s1. The smallest absolute Gasteiger partial charge is 0.407 e. The molecule has 1 heterocycles. The highest BCUT2D eigenvalue weighted by atomic mass is 32.1. The first-order chi connectivity index (χ1) is 28.2. The number of fused-ring (bicyclic) bond motifs is 3. The van der Waals surface area contributed by atoms with Crippen molar-refractivity contribution in [2.75, 3.05) is 20.8 Å². The number of methoxy groups -OCH3 is 1. The molecule has 59 heavy (non-hydrogen) atoms. The van der Waals surface area contributed by atoms with E-state index in [0.717, 1.165) is 27.8 Å². The quantitative estimate of drug-likeness (QED) is 0.0759. The van der Waals surface area contributed by atoms with E-state index in [0.29, 0.717) is 17.8 Å². The second-order valence-electron chi connectivity index (χ2n) is 15.9. The highest BCUT2D eigenvalue weighted by Crippen LogP contribution is 2.44. The summed E-state index contributed by atoms with van der Waals surface area (Å²) in [6.07, 6.45) is -0.522. The molecule has 4 aromatic rings. The van der Waals surface area contributed by atoms with E-state index < -0.39 is 48.1 Å². The molecule has 0 saturated heterocycles. The summed E-state index contributed by atoms with van der Waals surface area (Å²) in [5, 5.41) is 7.88. The Kier molecular flexibility index (Phi) is 15.4. The van der Waals surface area contributed by atoms with Crippen LogP contribution in [-0.2, 0) is 35.0 Å². The average molecular weight is 825 g/mol. The lowest BCUT2D eigenvalue weighted by Crippen LogP contribution is -2.54. The van der Waals surface area contributed by atoms with Gasteiger partial charge in [-0.3, -0.25) is 19.2 Å². The van der Waals surface area contributed by atoms with Gasteiger partial charge in [0.1, 0.15) is 23.4 Å². The second kappa shape index (κ2) is 20.4. The molecule has 0 bridgehead atoms. The van der Waals surface area contributed by atoms with Crippen LogP contribution in [0.1, 0.15) is 98.6 Å². The first-order valence-corrected chi connectivity index (χ1v) is 21.0. The van der Waals surface area contributed by atoms with Crippen molar-refractivity contribution >= 4 is 41.2 Å². The van der Waals surface area contributed by atoms with Crippen LogP contribution in [0.5, 0.6) is 0 Å². The van der Waals surface area contributed by atoms with Crippen LogP contribution in [-0.4, -0.2) is 78.6 Å². The maximum absolute atomic E-state index is 14.2. The van der Waals surface area contributed by atoms with Gasteiger partial charge in [0, 0.05) is 43.8 Å². The number of hydrogen-bond donors (Lipinski definition) is 2. The highest BCUT2D eigenvalue weighted by molar-refractivity contribution is 7.09. The Labute approximate surface area is 351 Å². The van der Waals surface area contributed by atoms with Crippen molar-refractivity contribution in [1.29, 1.82) is 0 Å². The molecule has 1 aliphatic carbocycles. The van der Waals surface area contributed by atoms with Crippen molar-refractivity contribution in [1.82, 2.24) is 20.5 Å². The van der Waals surface area contributed by atoms with E-state index in [1.807, 2.05) is 94.4 Å². The Balaban J connectivity index is 1.27. The molecule has 0 fully saturated rings. The molecular formula is C46H56N4O8S. The topological polar surface area (TPSA) is 153 Å². The number of hydrogen-bond acceptors (Lipinski definition) is 10. The van der Waals surface area contributed by atoms with Crippen molar-refractivity contribution in [2.45, 2.75) is 91.0 Å². The number of rotatable bonds is 18. The number of amides is 3. The number of carbonyl (C=O) groups excluding carboxylic acids is 5. The summed E-state index contributed by atoms with van der Waals surface area (Å²) in [4.78, 5) is 72.1. The van der Waals surface area contributed by atoms with Crippen LogP contribution in [0.3, 0.4) is 0 Å². The van der Waals surface area contributed by atoms with Gasteiger partial charge in [0.15, 0.2) is 6.10 Å². The molecule has 5 atom stereocenters. The Morgan fingerprint density at radius 3 is 2.00 bits per heavy atom. The molecule has 13 heteroatoms. The lowest BCUT2D eigenvalue weighted by Gasteiger charge is -2.36. The van der Waals surface area contributed by atoms with Gasteiger partial charge in [-0.25, -0.2) is 9.78 Å². The third kappa shape index (κ3) is 11.3. The predicted molar refractivity (Wildman–Crippen MR) is 227 cm³/mol. The lowest BCUT2D eigenvalue weighted by molar-refractivity contribution is -0.149. The van der Waals surface area contributed by atoms with Crippen LogP contribution in [0.2, 0.25) is 0 Å². The van der Waals surface area contributed by atoms with Gasteiger partial charge >= 0.3 is 18.0 Å². The molecule has 5 rings (SSSR count). The number of carbonyl (C=O) groups is 5. The van der Waals surface area contributed by atoms with E-state index in [9.17, 15) is 24.0 Å². The fraction of sp³-hybridized carbons (Fsp3) is 0.435. The highest BCUT2D eigenvalue weighted by Gasteiger charge is 2.36. The van der Waals surface area contributed by atoms with Gasteiger partial charge in [0.2, 0.25) is 5.91 Å². The SMILES string of the molecule is COC(=O)[C@@H](C)C[C@H](Cc1ccccc1)NC(=O)c1csc([C@@H](C[C@H](C(C)C)N(C)C(=O)[C@@H](NC(=O)OCC2c3ccccc3-c3ccccc32)C(C)C)OC(C)=O)n1. The van der Waals surface area contributed by atoms with Crippen LogP contribution in [0, 0.1) is 17.8 Å². The fourth-order valence-corrected chi connectivity index (χ4v) is 8.61. The number of nitrogens with zero attached hydrogens (tertiary/aromatic N) is 2. The molecule has 3 amide bonds. The first kappa shape index (κ1) is 44.5. The van der Waals surface area contributed by atoms with E-state index in [4.69, 9.17) is 14.2 Å². The van der Waals surface area contributed by atoms with Gasteiger partial charge in [-0.1, -0.05) is 113 Å². The Bertz CT molecular complexity index is 2040. The van der Waals surface area contributed by atoms with Crippen LogP contribution >= 0.6 is 11.3 Å². The normalized spacial score (nSPS) is 14.6. The molecular weight excluding hydrogens is 769 g/mol. The van der Waals surface area contributed by atoms with Crippen LogP contribution in [0.15, 0.2) is 84.2 Å². The van der Waals surface area contributed by atoms with Crippen molar-refractivity contribution in [2.24, 2.45) is 17.8 Å². The number of likely N-dealkylation sites (N-methyl/N-ethyl adjacent to an activating group) is 1. The molecule has 0 spiro atoms. The maximum Gasteiger partial charge on any atom is 0.407 e. The summed E-state index contributed by atoms with van der Waals surface area (Å²) in [5.74, 6) is -2.61. The van der Waals surface area contributed by atoms with Gasteiger partial charge in [0.25, 0.3) is 5.91 Å². The van der Waals surface area contributed by atoms with Crippen molar-refractivity contribution in [3.63, 3.8) is 0 Å². The number of alkyl carbamates (subject to hydrolysis) is 1. The van der Waals surface area contributed by atoms with E-state index in [-0.39, 0.29) is 48.4 Å². The van der Waals surface area contributed by atoms with E-state index in [1.165, 1.54) is 25.4 Å². The lowest BCUT2D eigenvalue weighted by atomic mass is 9.94. The third-order valence-electron chi connectivity index (χ3n) is 10.9. The summed E-state index contributed by atoms with van der Waals surface area (Å²) in [5.41, 5.74) is 5.55. The number of aromatic nitrogens is 1. The summed E-state index contributed by atoms with van der Waals surface area (Å²) in [7, 11) is 3.01. The monoisotopic (exact) mass is 824 g/mol. The van der Waals surface area contributed by atoms with Crippen molar-refractivity contribution in [3.8, 4) is 11.1 Å². The van der Waals surface area contributed by atoms with Gasteiger partial charge in [0.05, 0.1) is 13.0 Å². The zero-order valence-electron chi connectivity index (χ0n) is 35.1. The average Bonchev–Trinajstić information content (AvgIpc) is 3.83. The van der Waals surface area contributed by atoms with Gasteiger partial charge in [-0.2, -0.15) is 0 Å². The molecule has 0 saturated carbocycles. The summed E-state index contributed by atoms with van der Waals surface area (Å²) in [6.45, 7) is 10.8. The van der Waals surface area contributed by atoms with E-state index >= 15 is 0 Å². The number of nitrogens with one attached hydrogen (secondary N) is 2. The summed E-state index contributed by atoms with van der Waals surface area (Å²) >= 11 is 1.18. The molecule has 0 unspecified atom stereocenters. The number of ether oxygens (including phenoxy) is 3. The van der Waals surface area contributed by atoms with Crippen molar-refractivity contribution in [3.05, 3.63) is 112 Å². The Morgan fingerprint density at radius 1 is 0.814 bits per heavy atom. The van der Waals surface area contributed by atoms with Crippen LogP contribution in [0.25, 0.3) is 11.1 Å². The van der Waals surface area contributed by atoms with Crippen molar-refractivity contribution < 1.29 is 38.2 Å². The van der Waals surface area contributed by atoms with Crippen LogP contribution < -0.4 is 10.6 Å². The van der Waals surface area contributed by atoms with Gasteiger partial charge in [-0.05, 0) is 52.5 Å². The summed E-state index contributed by atoms with van der Waals surface area (Å²) in [6, 6.07) is 24.1. The minimum absolute atomic E-state index is 0.0949. The molecule has 2 N–H and O–H groups in total. The maximum atomic E-state index is 14.2. The fourth-order valence-electron chi connectivity index (χ4n) is 7.78. The second-order valence-corrected chi connectivity index (χ2v) is 16.8. The van der Waals surface area contributed by atoms with E-state index in [2.05, 4.69) is 27.8 Å².